The highest BCUT2D eigenvalue weighted by Crippen LogP contribution is 2.31. The van der Waals surface area contributed by atoms with Gasteiger partial charge < -0.3 is 15.3 Å². The molecule has 1 aliphatic rings. The van der Waals surface area contributed by atoms with E-state index in [-0.39, 0.29) is 12.6 Å². The van der Waals surface area contributed by atoms with Crippen molar-refractivity contribution in [2.45, 2.75) is 57.3 Å². The first kappa shape index (κ1) is 16.6. The molecule has 0 aromatic rings. The van der Waals surface area contributed by atoms with Crippen molar-refractivity contribution in [3.63, 3.8) is 0 Å². The van der Waals surface area contributed by atoms with E-state index in [4.69, 9.17) is 5.11 Å². The average Bonchev–Trinajstić information content (AvgIpc) is 2.81. The second kappa shape index (κ2) is 5.88. The number of rotatable bonds is 4. The molecule has 0 aromatic carbocycles. The molecule has 1 atom stereocenters. The normalized spacial score (nSPS) is 19.4. The number of hydrogen-bond donors (Lipinski definition) is 2. The molecule has 1 fully saturated rings. The van der Waals surface area contributed by atoms with Crippen molar-refractivity contribution in [2.24, 2.45) is 0 Å². The third kappa shape index (κ3) is 3.16. The molecule has 1 saturated carbocycles. The lowest BCUT2D eigenvalue weighted by Gasteiger charge is -2.34. The van der Waals surface area contributed by atoms with Crippen molar-refractivity contribution in [3.05, 3.63) is 0 Å². The smallest absolute Gasteiger partial charge is 0.422 e. The van der Waals surface area contributed by atoms with Crippen LogP contribution in [-0.2, 0) is 4.79 Å². The van der Waals surface area contributed by atoms with Crippen LogP contribution in [0.1, 0.15) is 39.5 Å². The molecule has 0 radical (unpaired) electrons. The second-order valence-corrected chi connectivity index (χ2v) is 5.08. The number of nitrogens with zero attached hydrogens (tertiary/aromatic N) is 1. The number of amides is 2. The van der Waals surface area contributed by atoms with Crippen LogP contribution in [0.25, 0.3) is 0 Å². The van der Waals surface area contributed by atoms with E-state index in [1.807, 2.05) is 0 Å². The Balaban J connectivity index is 2.87. The summed E-state index contributed by atoms with van der Waals surface area (Å²) in [5.74, 6) is -2.12. The summed E-state index contributed by atoms with van der Waals surface area (Å²) in [6.07, 6.45) is -1.76. The van der Waals surface area contributed by atoms with Crippen molar-refractivity contribution in [3.8, 4) is 0 Å². The molecule has 0 heterocycles. The van der Waals surface area contributed by atoms with Gasteiger partial charge in [-0.25, -0.2) is 9.59 Å². The molecule has 0 bridgehead atoms. The van der Waals surface area contributed by atoms with E-state index in [9.17, 15) is 22.8 Å². The predicted molar refractivity (Wildman–Crippen MR) is 65.3 cm³/mol. The quantitative estimate of drug-likeness (QED) is 0.836. The van der Waals surface area contributed by atoms with Gasteiger partial charge in [-0.1, -0.05) is 12.8 Å². The minimum Gasteiger partial charge on any atom is -0.479 e. The molecule has 2 amide bonds. The van der Waals surface area contributed by atoms with Crippen molar-refractivity contribution in [2.75, 3.05) is 6.54 Å². The van der Waals surface area contributed by atoms with Crippen molar-refractivity contribution >= 4 is 12.0 Å². The Bertz CT molecular complexity index is 381. The van der Waals surface area contributed by atoms with Crippen LogP contribution in [0.3, 0.4) is 0 Å². The lowest BCUT2D eigenvalue weighted by Crippen LogP contribution is -2.64. The van der Waals surface area contributed by atoms with E-state index < -0.39 is 23.7 Å². The molecule has 8 heteroatoms. The third-order valence-corrected chi connectivity index (χ3v) is 3.72. The van der Waals surface area contributed by atoms with E-state index in [2.05, 4.69) is 0 Å². The van der Waals surface area contributed by atoms with Gasteiger partial charge in [-0.05, 0) is 26.7 Å². The highest BCUT2D eigenvalue weighted by molar-refractivity contribution is 5.87. The molecule has 0 aromatic heterocycles. The van der Waals surface area contributed by atoms with Crippen LogP contribution in [-0.4, -0.2) is 46.3 Å². The fourth-order valence-corrected chi connectivity index (χ4v) is 2.31. The molecule has 0 saturated heterocycles. The summed E-state index contributed by atoms with van der Waals surface area (Å²) in [5.41, 5.74) is -3.28. The number of hydrogen-bond acceptors (Lipinski definition) is 2. The summed E-state index contributed by atoms with van der Waals surface area (Å²) in [5, 5.41) is 10.4. The second-order valence-electron chi connectivity index (χ2n) is 5.08. The van der Waals surface area contributed by atoms with E-state index >= 15 is 0 Å². The van der Waals surface area contributed by atoms with E-state index in [0.717, 1.165) is 25.7 Å². The minimum absolute atomic E-state index is 0.119. The van der Waals surface area contributed by atoms with Gasteiger partial charge >= 0.3 is 18.2 Å². The maximum atomic E-state index is 12.8. The van der Waals surface area contributed by atoms with Gasteiger partial charge in [0.15, 0.2) is 0 Å². The van der Waals surface area contributed by atoms with Gasteiger partial charge in [0, 0.05) is 12.6 Å². The van der Waals surface area contributed by atoms with Gasteiger partial charge in [0.05, 0.1) is 0 Å². The SMILES string of the molecule is CCN(C(=O)NC(C)(C(=O)O)C(F)(F)F)C1CCCC1. The number of aliphatic carboxylic acids is 1. The van der Waals surface area contributed by atoms with Crippen LogP contribution in [0.15, 0.2) is 0 Å². The molecular formula is C12H19F3N2O3. The largest absolute Gasteiger partial charge is 0.479 e. The standard InChI is InChI=1S/C12H19F3N2O3/c1-3-17(8-6-4-5-7-8)10(20)16-11(2,9(18)19)12(13,14)15/h8H,3-7H2,1-2H3,(H,16,20)(H,18,19). The van der Waals surface area contributed by atoms with Crippen molar-refractivity contribution in [1.29, 1.82) is 0 Å². The van der Waals surface area contributed by atoms with Gasteiger partial charge in [0.1, 0.15) is 0 Å². The zero-order valence-electron chi connectivity index (χ0n) is 11.5. The molecule has 1 rings (SSSR count). The van der Waals surface area contributed by atoms with Gasteiger partial charge in [-0.2, -0.15) is 13.2 Å². The molecule has 5 nitrogen and oxygen atoms in total. The molecule has 0 aliphatic heterocycles. The van der Waals surface area contributed by atoms with E-state index in [1.54, 1.807) is 12.2 Å². The Morgan fingerprint density at radius 2 is 1.80 bits per heavy atom. The summed E-state index contributed by atoms with van der Waals surface area (Å²) < 4.78 is 38.5. The van der Waals surface area contributed by atoms with Crippen molar-refractivity contribution in [1.82, 2.24) is 10.2 Å². The van der Waals surface area contributed by atoms with Gasteiger partial charge in [-0.15, -0.1) is 0 Å². The Hall–Kier alpha value is -1.47. The van der Waals surface area contributed by atoms with Crippen LogP contribution in [0.2, 0.25) is 0 Å². The molecule has 2 N–H and O–H groups in total. The van der Waals surface area contributed by atoms with Gasteiger partial charge in [0.2, 0.25) is 5.54 Å². The number of carbonyl (C=O) groups excluding carboxylic acids is 1. The summed E-state index contributed by atoms with van der Waals surface area (Å²) in [6.45, 7) is 2.35. The van der Waals surface area contributed by atoms with Gasteiger partial charge in [0.25, 0.3) is 0 Å². The molecule has 20 heavy (non-hydrogen) atoms. The van der Waals surface area contributed by atoms with Crippen molar-refractivity contribution < 1.29 is 27.9 Å². The highest BCUT2D eigenvalue weighted by Gasteiger charge is 2.59. The lowest BCUT2D eigenvalue weighted by molar-refractivity contribution is -0.203. The summed E-state index contributed by atoms with van der Waals surface area (Å²) in [7, 11) is 0. The molecule has 0 spiro atoms. The predicted octanol–water partition coefficient (Wildman–Crippen LogP) is 2.37. The maximum absolute atomic E-state index is 12.8. The fourth-order valence-electron chi connectivity index (χ4n) is 2.31. The first-order chi connectivity index (χ1) is 9.13. The molecule has 1 unspecified atom stereocenters. The first-order valence-electron chi connectivity index (χ1n) is 6.52. The highest BCUT2D eigenvalue weighted by atomic mass is 19.4. The molecule has 1 aliphatic carbocycles. The number of carboxylic acids is 1. The fraction of sp³-hybridized carbons (Fsp3) is 0.833. The summed E-state index contributed by atoms with van der Waals surface area (Å²) >= 11 is 0. The Morgan fingerprint density at radius 3 is 2.15 bits per heavy atom. The Labute approximate surface area is 115 Å². The topological polar surface area (TPSA) is 69.6 Å². The zero-order chi connectivity index (χ0) is 15.6. The number of halogens is 3. The van der Waals surface area contributed by atoms with E-state index in [0.29, 0.717) is 6.92 Å². The van der Waals surface area contributed by atoms with Crippen LogP contribution in [0, 0.1) is 0 Å². The lowest BCUT2D eigenvalue weighted by atomic mass is 10.0. The van der Waals surface area contributed by atoms with Crippen LogP contribution >= 0.6 is 0 Å². The van der Waals surface area contributed by atoms with Gasteiger partial charge in [-0.3, -0.25) is 0 Å². The number of carboxylic acid groups (broad SMARTS) is 1. The maximum Gasteiger partial charge on any atom is 0.422 e. The third-order valence-electron chi connectivity index (χ3n) is 3.72. The number of carbonyl (C=O) groups is 2. The van der Waals surface area contributed by atoms with E-state index in [1.165, 1.54) is 4.90 Å². The summed E-state index contributed by atoms with van der Waals surface area (Å²) in [6, 6.07) is -1.10. The molecule has 116 valence electrons. The number of nitrogens with one attached hydrogen (secondary N) is 1. The minimum atomic E-state index is -5.07. The van der Waals surface area contributed by atoms with Crippen LogP contribution in [0.5, 0.6) is 0 Å². The van der Waals surface area contributed by atoms with Crippen LogP contribution in [0.4, 0.5) is 18.0 Å². The Kier molecular flexibility index (Phi) is 4.88. The first-order valence-corrected chi connectivity index (χ1v) is 6.52. The van der Waals surface area contributed by atoms with Crippen LogP contribution < -0.4 is 5.32 Å². The number of urea groups is 1. The molecular weight excluding hydrogens is 277 g/mol. The summed E-state index contributed by atoms with van der Waals surface area (Å²) in [4.78, 5) is 24.1. The zero-order valence-corrected chi connectivity index (χ0v) is 11.5. The average molecular weight is 296 g/mol. The Morgan fingerprint density at radius 1 is 1.30 bits per heavy atom. The number of alkyl halides is 3. The monoisotopic (exact) mass is 296 g/mol.